The minimum Gasteiger partial charge on any atom is -0.493 e. The second-order valence-corrected chi connectivity index (χ2v) is 7.81. The SMILES string of the molecule is O=c1[nH]c(O)c(C=c2cnn3c(=NC4CC4)cc(Nc4cccc(-n5cccn5)c4)nc23)[nH]1. The van der Waals surface area contributed by atoms with E-state index >= 15 is 0 Å². The van der Waals surface area contributed by atoms with Crippen LogP contribution in [-0.2, 0) is 0 Å². The van der Waals surface area contributed by atoms with Gasteiger partial charge in [-0.1, -0.05) is 6.07 Å². The average Bonchev–Trinajstić information content (AvgIpc) is 3.17. The van der Waals surface area contributed by atoms with Crippen molar-refractivity contribution in [3.05, 3.63) is 81.9 Å². The van der Waals surface area contributed by atoms with Gasteiger partial charge in [0.2, 0.25) is 5.88 Å². The molecule has 0 atom stereocenters. The van der Waals surface area contributed by atoms with Gasteiger partial charge in [-0.2, -0.15) is 14.7 Å². The molecular formula is C22H19N9O2. The van der Waals surface area contributed by atoms with Gasteiger partial charge >= 0.3 is 5.69 Å². The summed E-state index contributed by atoms with van der Waals surface area (Å²) in [6, 6.07) is 11.8. The molecule has 6 rings (SSSR count). The fourth-order valence-electron chi connectivity index (χ4n) is 3.56. The average molecular weight is 441 g/mol. The maximum absolute atomic E-state index is 11.5. The van der Waals surface area contributed by atoms with Crippen molar-refractivity contribution >= 4 is 23.2 Å². The summed E-state index contributed by atoms with van der Waals surface area (Å²) < 4.78 is 3.45. The second kappa shape index (κ2) is 7.48. The van der Waals surface area contributed by atoms with Gasteiger partial charge in [0.15, 0.2) is 11.1 Å². The highest BCUT2D eigenvalue weighted by atomic mass is 16.3. The number of hydrogen-bond acceptors (Lipinski definition) is 7. The predicted octanol–water partition coefficient (Wildman–Crippen LogP) is 0.991. The van der Waals surface area contributed by atoms with Gasteiger partial charge in [-0.3, -0.25) is 9.98 Å². The number of fused-ring (bicyclic) bond motifs is 1. The summed E-state index contributed by atoms with van der Waals surface area (Å²) in [5.41, 5.74) is 2.74. The summed E-state index contributed by atoms with van der Waals surface area (Å²) in [5.74, 6) is 0.355. The first-order chi connectivity index (χ1) is 16.1. The first-order valence-corrected chi connectivity index (χ1v) is 10.5. The summed E-state index contributed by atoms with van der Waals surface area (Å²) >= 11 is 0. The zero-order valence-corrected chi connectivity index (χ0v) is 17.3. The van der Waals surface area contributed by atoms with Crippen LogP contribution in [0.25, 0.3) is 17.4 Å². The van der Waals surface area contributed by atoms with E-state index in [0.29, 0.717) is 22.2 Å². The van der Waals surface area contributed by atoms with Crippen molar-refractivity contribution in [2.75, 3.05) is 5.32 Å². The van der Waals surface area contributed by atoms with Crippen LogP contribution in [0, 0.1) is 0 Å². The molecule has 0 saturated heterocycles. The number of nitrogens with one attached hydrogen (secondary N) is 3. The van der Waals surface area contributed by atoms with Crippen molar-refractivity contribution in [1.29, 1.82) is 0 Å². The van der Waals surface area contributed by atoms with Crippen molar-refractivity contribution in [1.82, 2.24) is 34.3 Å². The van der Waals surface area contributed by atoms with Crippen LogP contribution in [-0.4, -0.2) is 45.5 Å². The van der Waals surface area contributed by atoms with E-state index in [2.05, 4.69) is 25.5 Å². The van der Waals surface area contributed by atoms with E-state index < -0.39 is 5.69 Å². The molecule has 1 aliphatic rings. The maximum atomic E-state index is 11.5. The summed E-state index contributed by atoms with van der Waals surface area (Å²) in [4.78, 5) is 25.9. The molecule has 0 unspecified atom stereocenters. The number of nitrogens with zero attached hydrogens (tertiary/aromatic N) is 6. The number of H-pyrrole nitrogens is 2. The van der Waals surface area contributed by atoms with E-state index in [1.807, 2.05) is 42.6 Å². The first kappa shape index (κ1) is 19.0. The molecule has 4 aromatic heterocycles. The number of aromatic hydroxyl groups is 1. The molecule has 0 bridgehead atoms. The fourth-order valence-corrected chi connectivity index (χ4v) is 3.56. The van der Waals surface area contributed by atoms with Crippen molar-refractivity contribution < 1.29 is 5.11 Å². The van der Waals surface area contributed by atoms with Crippen LogP contribution in [0.2, 0.25) is 0 Å². The third kappa shape index (κ3) is 3.76. The molecule has 1 saturated carbocycles. The fraction of sp³-hybridized carbons (Fsp3) is 0.136. The number of hydrogen-bond donors (Lipinski definition) is 4. The van der Waals surface area contributed by atoms with E-state index in [-0.39, 0.29) is 17.6 Å². The third-order valence-corrected chi connectivity index (χ3v) is 5.26. The van der Waals surface area contributed by atoms with Crippen molar-refractivity contribution in [2.45, 2.75) is 18.9 Å². The molecule has 4 N–H and O–H groups in total. The predicted molar refractivity (Wildman–Crippen MR) is 120 cm³/mol. The quantitative estimate of drug-likeness (QED) is 0.321. The zero-order valence-electron chi connectivity index (χ0n) is 17.3. The van der Waals surface area contributed by atoms with Crippen molar-refractivity contribution in [3.63, 3.8) is 0 Å². The number of aromatic amines is 2. The Morgan fingerprint density at radius 1 is 1.18 bits per heavy atom. The highest BCUT2D eigenvalue weighted by Gasteiger charge is 2.20. The monoisotopic (exact) mass is 441 g/mol. The van der Waals surface area contributed by atoms with Gasteiger partial charge in [-0.05, 0) is 43.2 Å². The standard InChI is InChI=1S/C22H19N9O2/c32-21-17(27-22(33)29-21)9-13-12-24-31-19(26-14-5-6-14)11-18(28-20(13)31)25-15-3-1-4-16(10-15)30-8-2-7-23-30/h1-4,7-12,14,25,32H,5-6H2,(H2,27,29,33). The Balaban J connectivity index is 1.47. The minimum absolute atomic E-state index is 0.244. The van der Waals surface area contributed by atoms with E-state index in [9.17, 15) is 9.90 Å². The Bertz CT molecular complexity index is 1640. The lowest BCUT2D eigenvalue weighted by molar-refractivity contribution is 0.454. The molecule has 5 aromatic rings. The lowest BCUT2D eigenvalue weighted by Gasteiger charge is -2.08. The summed E-state index contributed by atoms with van der Waals surface area (Å²) in [6.07, 6.45) is 8.96. The maximum Gasteiger partial charge on any atom is 0.326 e. The van der Waals surface area contributed by atoms with Gasteiger partial charge in [0, 0.05) is 29.4 Å². The summed E-state index contributed by atoms with van der Waals surface area (Å²) in [7, 11) is 0. The Kier molecular flexibility index (Phi) is 4.32. The van der Waals surface area contributed by atoms with Gasteiger partial charge in [0.25, 0.3) is 0 Å². The van der Waals surface area contributed by atoms with Gasteiger partial charge in [-0.15, -0.1) is 0 Å². The normalized spacial score (nSPS) is 14.9. The molecule has 11 nitrogen and oxygen atoms in total. The summed E-state index contributed by atoms with van der Waals surface area (Å²) in [6.45, 7) is 0. The molecule has 0 aliphatic heterocycles. The molecule has 1 fully saturated rings. The first-order valence-electron chi connectivity index (χ1n) is 10.5. The minimum atomic E-state index is -0.493. The Morgan fingerprint density at radius 2 is 2.09 bits per heavy atom. The smallest absolute Gasteiger partial charge is 0.326 e. The Hall–Kier alpha value is -4.67. The number of anilines is 2. The van der Waals surface area contributed by atoms with Gasteiger partial charge in [0.1, 0.15) is 11.5 Å². The Morgan fingerprint density at radius 3 is 2.85 bits per heavy atom. The second-order valence-electron chi connectivity index (χ2n) is 7.81. The number of aromatic nitrogens is 7. The van der Waals surface area contributed by atoms with Crippen molar-refractivity contribution in [3.8, 4) is 11.6 Å². The summed E-state index contributed by atoms with van der Waals surface area (Å²) in [5, 5.41) is 22.6. The van der Waals surface area contributed by atoms with Gasteiger partial charge in [0.05, 0.1) is 17.9 Å². The lowest BCUT2D eigenvalue weighted by Crippen LogP contribution is -2.19. The zero-order chi connectivity index (χ0) is 22.4. The van der Waals surface area contributed by atoms with Crippen LogP contribution in [0.3, 0.4) is 0 Å². The van der Waals surface area contributed by atoms with Crippen LogP contribution in [0.4, 0.5) is 11.5 Å². The highest BCUT2D eigenvalue weighted by molar-refractivity contribution is 5.62. The van der Waals surface area contributed by atoms with E-state index in [4.69, 9.17) is 9.98 Å². The molecule has 1 aliphatic carbocycles. The van der Waals surface area contributed by atoms with Crippen molar-refractivity contribution in [2.24, 2.45) is 4.99 Å². The van der Waals surface area contributed by atoms with Crippen LogP contribution in [0.5, 0.6) is 5.88 Å². The lowest BCUT2D eigenvalue weighted by atomic mass is 10.2. The Labute approximate surface area is 185 Å². The van der Waals surface area contributed by atoms with E-state index in [1.54, 1.807) is 27.7 Å². The molecule has 0 radical (unpaired) electrons. The van der Waals surface area contributed by atoms with Crippen LogP contribution >= 0.6 is 0 Å². The highest BCUT2D eigenvalue weighted by Crippen LogP contribution is 2.23. The molecule has 33 heavy (non-hydrogen) atoms. The molecule has 4 heterocycles. The number of imidazole rings is 1. The van der Waals surface area contributed by atoms with Crippen LogP contribution < -0.4 is 21.7 Å². The third-order valence-electron chi connectivity index (χ3n) is 5.26. The molecule has 1 aromatic carbocycles. The van der Waals surface area contributed by atoms with E-state index in [0.717, 1.165) is 24.2 Å². The topological polar surface area (TPSA) is 141 Å². The molecule has 0 spiro atoms. The van der Waals surface area contributed by atoms with Gasteiger partial charge in [-0.25, -0.2) is 14.5 Å². The van der Waals surface area contributed by atoms with Gasteiger partial charge < -0.3 is 15.4 Å². The molecule has 11 heteroatoms. The largest absolute Gasteiger partial charge is 0.493 e. The number of rotatable bonds is 5. The molecule has 164 valence electrons. The number of benzene rings is 1. The molecule has 0 amide bonds. The van der Waals surface area contributed by atoms with E-state index in [1.165, 1.54) is 0 Å². The van der Waals surface area contributed by atoms with Crippen LogP contribution in [0.15, 0.2) is 64.8 Å². The molecular weight excluding hydrogens is 422 g/mol. The van der Waals surface area contributed by atoms with Crippen LogP contribution in [0.1, 0.15) is 18.5 Å².